The van der Waals surface area contributed by atoms with Crippen LogP contribution >= 0.6 is 0 Å². The zero-order valence-electron chi connectivity index (χ0n) is 14.5. The molecule has 4 heteroatoms. The van der Waals surface area contributed by atoms with E-state index in [0.717, 1.165) is 29.9 Å². The smallest absolute Gasteiger partial charge is 0.260 e. The molecule has 0 saturated heterocycles. The van der Waals surface area contributed by atoms with Gasteiger partial charge >= 0.3 is 0 Å². The molecule has 0 aliphatic carbocycles. The lowest BCUT2D eigenvalue weighted by Gasteiger charge is -2.16. The van der Waals surface area contributed by atoms with Crippen LogP contribution in [-0.4, -0.2) is 25.7 Å². The molecule has 1 atom stereocenters. The molecule has 2 rings (SSSR count). The summed E-state index contributed by atoms with van der Waals surface area (Å²) in [5.41, 5.74) is 2.22. The van der Waals surface area contributed by atoms with Gasteiger partial charge in [0.15, 0.2) is 6.10 Å². The molecule has 4 nitrogen and oxygen atoms in total. The number of aryl methyl sites for hydroxylation is 2. The zero-order chi connectivity index (χ0) is 17.4. The highest BCUT2D eigenvalue weighted by atomic mass is 16.5. The van der Waals surface area contributed by atoms with Crippen molar-refractivity contribution in [3.63, 3.8) is 0 Å². The van der Waals surface area contributed by atoms with Gasteiger partial charge in [0, 0.05) is 6.54 Å². The van der Waals surface area contributed by atoms with Gasteiger partial charge in [0.25, 0.3) is 5.91 Å². The molecule has 0 aromatic heterocycles. The van der Waals surface area contributed by atoms with Crippen LogP contribution in [0.4, 0.5) is 0 Å². The Kier molecular flexibility index (Phi) is 6.67. The molecule has 0 spiro atoms. The molecule has 2 aromatic carbocycles. The minimum absolute atomic E-state index is 0.0936. The summed E-state index contributed by atoms with van der Waals surface area (Å²) in [4.78, 5) is 12.1. The Labute approximate surface area is 143 Å². The number of nitrogens with one attached hydrogen (secondary N) is 1. The first-order valence-corrected chi connectivity index (χ1v) is 8.23. The molecule has 0 aliphatic heterocycles. The quantitative estimate of drug-likeness (QED) is 0.755. The summed E-state index contributed by atoms with van der Waals surface area (Å²) in [6, 6.07) is 15.7. The second-order valence-corrected chi connectivity index (χ2v) is 5.77. The van der Waals surface area contributed by atoms with Gasteiger partial charge in [0.1, 0.15) is 11.5 Å². The summed E-state index contributed by atoms with van der Waals surface area (Å²) in [6.07, 6.45) is 1.25. The summed E-state index contributed by atoms with van der Waals surface area (Å²) in [5.74, 6) is 1.51. The van der Waals surface area contributed by atoms with Gasteiger partial charge in [-0.1, -0.05) is 30.3 Å². The predicted octanol–water partition coefficient (Wildman–Crippen LogP) is 3.52. The van der Waals surface area contributed by atoms with Crippen molar-refractivity contribution in [2.75, 3.05) is 13.7 Å². The molecule has 0 radical (unpaired) electrons. The number of para-hydroxylation sites is 1. The molecular formula is C20H25NO3. The van der Waals surface area contributed by atoms with Crippen LogP contribution in [0.15, 0.2) is 48.5 Å². The third-order valence-electron chi connectivity index (χ3n) is 3.84. The van der Waals surface area contributed by atoms with Crippen LogP contribution in [0.3, 0.4) is 0 Å². The summed E-state index contributed by atoms with van der Waals surface area (Å²) in [6.45, 7) is 4.36. The number of amides is 1. The average Bonchev–Trinajstić information content (AvgIpc) is 2.60. The normalized spacial score (nSPS) is 11.6. The van der Waals surface area contributed by atoms with E-state index in [9.17, 15) is 4.79 Å². The fraction of sp³-hybridized carbons (Fsp3) is 0.350. The lowest BCUT2D eigenvalue weighted by molar-refractivity contribution is -0.127. The van der Waals surface area contributed by atoms with Crippen molar-refractivity contribution in [3.8, 4) is 11.5 Å². The number of hydrogen-bond donors (Lipinski definition) is 1. The molecule has 2 aromatic rings. The van der Waals surface area contributed by atoms with E-state index in [4.69, 9.17) is 9.47 Å². The van der Waals surface area contributed by atoms with E-state index in [1.165, 1.54) is 5.56 Å². The summed E-state index contributed by atoms with van der Waals surface area (Å²) >= 11 is 0. The number of ether oxygens (including phenoxy) is 2. The standard InChI is InChI=1S/C20H25NO3/c1-15-8-4-5-12-19(15)24-16(2)20(22)21-13-7-10-17-9-6-11-18(14-17)23-3/h4-6,8-9,11-12,14,16H,7,10,13H2,1-3H3,(H,21,22)/t16-/m0/s1. The Morgan fingerprint density at radius 2 is 1.96 bits per heavy atom. The highest BCUT2D eigenvalue weighted by Gasteiger charge is 2.14. The van der Waals surface area contributed by atoms with Crippen molar-refractivity contribution in [1.82, 2.24) is 5.32 Å². The van der Waals surface area contributed by atoms with Gasteiger partial charge in [-0.3, -0.25) is 4.79 Å². The maximum absolute atomic E-state index is 12.1. The van der Waals surface area contributed by atoms with Crippen LogP contribution in [0, 0.1) is 6.92 Å². The molecule has 0 unspecified atom stereocenters. The van der Waals surface area contributed by atoms with E-state index in [1.54, 1.807) is 14.0 Å². The largest absolute Gasteiger partial charge is 0.497 e. The van der Waals surface area contributed by atoms with Crippen molar-refractivity contribution >= 4 is 5.91 Å². The Balaban J connectivity index is 1.73. The van der Waals surface area contributed by atoms with Crippen molar-refractivity contribution in [1.29, 1.82) is 0 Å². The first-order valence-electron chi connectivity index (χ1n) is 8.23. The number of carbonyl (C=O) groups excluding carboxylic acids is 1. The molecule has 0 aliphatic rings. The van der Waals surface area contributed by atoms with E-state index in [-0.39, 0.29) is 5.91 Å². The van der Waals surface area contributed by atoms with E-state index < -0.39 is 6.10 Å². The third-order valence-corrected chi connectivity index (χ3v) is 3.84. The predicted molar refractivity (Wildman–Crippen MR) is 95.6 cm³/mol. The number of methoxy groups -OCH3 is 1. The molecular weight excluding hydrogens is 302 g/mol. The maximum atomic E-state index is 12.1. The van der Waals surface area contributed by atoms with E-state index in [1.807, 2.05) is 49.4 Å². The Bertz CT molecular complexity index is 669. The highest BCUT2D eigenvalue weighted by molar-refractivity contribution is 5.80. The van der Waals surface area contributed by atoms with E-state index in [0.29, 0.717) is 6.54 Å². The van der Waals surface area contributed by atoms with Crippen LogP contribution in [0.1, 0.15) is 24.5 Å². The SMILES string of the molecule is COc1cccc(CCCNC(=O)[C@H](C)Oc2ccccc2C)c1. The Morgan fingerprint density at radius 3 is 2.71 bits per heavy atom. The van der Waals surface area contributed by atoms with Crippen molar-refractivity contribution in [3.05, 3.63) is 59.7 Å². The first kappa shape index (κ1) is 17.9. The fourth-order valence-corrected chi connectivity index (χ4v) is 2.41. The summed E-state index contributed by atoms with van der Waals surface area (Å²) < 4.78 is 10.9. The van der Waals surface area contributed by atoms with Gasteiger partial charge in [0.2, 0.25) is 0 Å². The maximum Gasteiger partial charge on any atom is 0.260 e. The summed E-state index contributed by atoms with van der Waals surface area (Å²) in [7, 11) is 1.66. The lowest BCUT2D eigenvalue weighted by atomic mass is 10.1. The van der Waals surface area contributed by atoms with Crippen LogP contribution in [0.5, 0.6) is 11.5 Å². The van der Waals surface area contributed by atoms with Crippen LogP contribution < -0.4 is 14.8 Å². The molecule has 1 amide bonds. The number of hydrogen-bond acceptors (Lipinski definition) is 3. The summed E-state index contributed by atoms with van der Waals surface area (Å²) in [5, 5.41) is 2.93. The van der Waals surface area contributed by atoms with Crippen molar-refractivity contribution in [2.24, 2.45) is 0 Å². The highest BCUT2D eigenvalue weighted by Crippen LogP contribution is 2.18. The molecule has 0 fully saturated rings. The molecule has 128 valence electrons. The number of rotatable bonds is 8. The molecule has 0 saturated carbocycles. The van der Waals surface area contributed by atoms with Crippen LogP contribution in [0.2, 0.25) is 0 Å². The van der Waals surface area contributed by atoms with Crippen LogP contribution in [-0.2, 0) is 11.2 Å². The molecule has 24 heavy (non-hydrogen) atoms. The minimum Gasteiger partial charge on any atom is -0.497 e. The van der Waals surface area contributed by atoms with Gasteiger partial charge in [-0.05, 0) is 56.0 Å². The monoisotopic (exact) mass is 327 g/mol. The van der Waals surface area contributed by atoms with Gasteiger partial charge < -0.3 is 14.8 Å². The second kappa shape index (κ2) is 8.96. The van der Waals surface area contributed by atoms with Gasteiger partial charge in [0.05, 0.1) is 7.11 Å². The van der Waals surface area contributed by atoms with Crippen molar-refractivity contribution < 1.29 is 14.3 Å². The second-order valence-electron chi connectivity index (χ2n) is 5.77. The Hall–Kier alpha value is -2.49. The Morgan fingerprint density at radius 1 is 1.17 bits per heavy atom. The first-order chi connectivity index (χ1) is 11.6. The van der Waals surface area contributed by atoms with Gasteiger partial charge in [-0.2, -0.15) is 0 Å². The fourth-order valence-electron chi connectivity index (χ4n) is 2.41. The van der Waals surface area contributed by atoms with Crippen LogP contribution in [0.25, 0.3) is 0 Å². The zero-order valence-corrected chi connectivity index (χ0v) is 14.5. The topological polar surface area (TPSA) is 47.6 Å². The minimum atomic E-state index is -0.511. The number of benzene rings is 2. The number of carbonyl (C=O) groups is 1. The third kappa shape index (κ3) is 5.30. The van der Waals surface area contributed by atoms with E-state index in [2.05, 4.69) is 11.4 Å². The average molecular weight is 327 g/mol. The van der Waals surface area contributed by atoms with Crippen molar-refractivity contribution in [2.45, 2.75) is 32.8 Å². The molecule has 1 N–H and O–H groups in total. The van der Waals surface area contributed by atoms with Gasteiger partial charge in [-0.15, -0.1) is 0 Å². The lowest BCUT2D eigenvalue weighted by Crippen LogP contribution is -2.37. The molecule has 0 heterocycles. The van der Waals surface area contributed by atoms with E-state index >= 15 is 0 Å². The van der Waals surface area contributed by atoms with Gasteiger partial charge in [-0.25, -0.2) is 0 Å². The molecule has 0 bridgehead atoms.